The predicted molar refractivity (Wildman–Crippen MR) is 106 cm³/mol. The zero-order chi connectivity index (χ0) is 20.9. The van der Waals surface area contributed by atoms with Gasteiger partial charge in [-0.1, -0.05) is 0 Å². The molecular formula is C17H29N4O6P. The second-order valence-corrected chi connectivity index (χ2v) is 8.52. The molecule has 1 unspecified atom stereocenters. The number of rotatable bonds is 11. The van der Waals surface area contributed by atoms with Gasteiger partial charge in [-0.25, -0.2) is 14.3 Å². The molecule has 2 rings (SSSR count). The summed E-state index contributed by atoms with van der Waals surface area (Å²) in [5.74, 6) is 0. The molecule has 0 saturated heterocycles. The van der Waals surface area contributed by atoms with Gasteiger partial charge in [0.15, 0.2) is 11.2 Å². The highest BCUT2D eigenvalue weighted by Crippen LogP contribution is 2.48. The molecule has 10 nitrogen and oxygen atoms in total. The summed E-state index contributed by atoms with van der Waals surface area (Å²) in [4.78, 5) is 29.5. The Bertz CT molecular complexity index is 953. The Hall–Kier alpha value is -1.74. The van der Waals surface area contributed by atoms with Crippen LogP contribution in [0.3, 0.4) is 0 Å². The molecule has 0 spiro atoms. The van der Waals surface area contributed by atoms with Crippen LogP contribution in [-0.2, 0) is 31.9 Å². The van der Waals surface area contributed by atoms with Crippen molar-refractivity contribution in [3.63, 3.8) is 0 Å². The normalized spacial score (nSPS) is 13.3. The topological polar surface area (TPSA) is 107 Å². The summed E-state index contributed by atoms with van der Waals surface area (Å²) in [5, 5.41) is 0. The average Bonchev–Trinajstić information content (AvgIpc) is 3.08. The quantitative estimate of drug-likeness (QED) is 0.408. The van der Waals surface area contributed by atoms with E-state index in [0.717, 1.165) is 4.57 Å². The summed E-state index contributed by atoms with van der Waals surface area (Å²) in [5.41, 5.74) is -0.265. The summed E-state index contributed by atoms with van der Waals surface area (Å²) in [6.45, 7) is 6.33. The van der Waals surface area contributed by atoms with E-state index < -0.39 is 25.1 Å². The highest BCUT2D eigenvalue weighted by molar-refractivity contribution is 7.53. The van der Waals surface area contributed by atoms with Crippen LogP contribution in [0.5, 0.6) is 0 Å². The van der Waals surface area contributed by atoms with E-state index in [-0.39, 0.29) is 0 Å². The minimum absolute atomic E-state index is 0.310. The van der Waals surface area contributed by atoms with Crippen molar-refractivity contribution >= 4 is 18.8 Å². The second-order valence-electron chi connectivity index (χ2n) is 6.34. The Kier molecular flexibility index (Phi) is 7.77. The summed E-state index contributed by atoms with van der Waals surface area (Å²) < 4.78 is 32.4. The molecule has 0 amide bonds. The van der Waals surface area contributed by atoms with E-state index >= 15 is 0 Å². The van der Waals surface area contributed by atoms with E-state index in [1.165, 1.54) is 18.0 Å². The number of fused-ring (bicyclic) bond motifs is 1. The van der Waals surface area contributed by atoms with Crippen LogP contribution in [0.15, 0.2) is 15.9 Å². The monoisotopic (exact) mass is 416 g/mol. The molecule has 11 heteroatoms. The molecule has 0 aliphatic rings. The van der Waals surface area contributed by atoms with Gasteiger partial charge < -0.3 is 18.4 Å². The first kappa shape index (κ1) is 22.5. The molecule has 1 atom stereocenters. The molecule has 0 N–H and O–H groups in total. The third-order valence-electron chi connectivity index (χ3n) is 4.49. The average molecular weight is 416 g/mol. The number of nitrogens with zero attached hydrogens (tertiary/aromatic N) is 4. The van der Waals surface area contributed by atoms with Crippen molar-refractivity contribution in [3.8, 4) is 0 Å². The van der Waals surface area contributed by atoms with Gasteiger partial charge in [0.2, 0.25) is 0 Å². The SMILES string of the molecule is CCOP(=O)(CCCCn1cnc2c1c(=O)n(C(C)OC)c(=O)n2C)OCC. The first-order valence-corrected chi connectivity index (χ1v) is 11.1. The van der Waals surface area contributed by atoms with Crippen molar-refractivity contribution in [2.24, 2.45) is 7.05 Å². The van der Waals surface area contributed by atoms with Crippen molar-refractivity contribution in [3.05, 3.63) is 27.2 Å². The molecule has 0 bridgehead atoms. The van der Waals surface area contributed by atoms with Gasteiger partial charge in [-0.2, -0.15) is 0 Å². The first-order valence-electron chi connectivity index (χ1n) is 9.36. The maximum atomic E-state index is 12.9. The maximum Gasteiger partial charge on any atom is 0.334 e. The molecule has 0 aliphatic carbocycles. The van der Waals surface area contributed by atoms with Crippen molar-refractivity contribution in [1.82, 2.24) is 18.7 Å². The van der Waals surface area contributed by atoms with Gasteiger partial charge in [0.1, 0.15) is 6.23 Å². The summed E-state index contributed by atoms with van der Waals surface area (Å²) in [7, 11) is -0.0678. The van der Waals surface area contributed by atoms with E-state index in [4.69, 9.17) is 13.8 Å². The molecular weight excluding hydrogens is 387 g/mol. The molecule has 0 saturated carbocycles. The number of imidazole rings is 1. The van der Waals surface area contributed by atoms with Gasteiger partial charge in [0, 0.05) is 20.7 Å². The summed E-state index contributed by atoms with van der Waals surface area (Å²) in [6, 6.07) is 0. The standard InChI is InChI=1S/C17H29N4O6P/c1-6-26-28(24,27-7-2)11-9-8-10-20-12-18-15-14(20)16(22)21(13(3)25-5)17(23)19(15)4/h12-13H,6-11H2,1-5H3. The lowest BCUT2D eigenvalue weighted by Gasteiger charge is -2.17. The molecule has 0 aromatic carbocycles. The van der Waals surface area contributed by atoms with E-state index in [1.807, 2.05) is 0 Å². The Morgan fingerprint density at radius 1 is 1.18 bits per heavy atom. The fourth-order valence-electron chi connectivity index (χ4n) is 3.03. The zero-order valence-electron chi connectivity index (χ0n) is 17.1. The lowest BCUT2D eigenvalue weighted by atomic mass is 10.3. The molecule has 158 valence electrons. The lowest BCUT2D eigenvalue weighted by molar-refractivity contribution is 0.0533. The van der Waals surface area contributed by atoms with E-state index in [2.05, 4.69) is 4.98 Å². The number of aromatic nitrogens is 4. The number of ether oxygens (including phenoxy) is 1. The van der Waals surface area contributed by atoms with Gasteiger partial charge in [-0.3, -0.25) is 13.9 Å². The number of methoxy groups -OCH3 is 1. The van der Waals surface area contributed by atoms with Crippen LogP contribution in [-0.4, -0.2) is 45.2 Å². The molecule has 0 radical (unpaired) electrons. The highest BCUT2D eigenvalue weighted by Gasteiger charge is 2.23. The lowest BCUT2D eigenvalue weighted by Crippen LogP contribution is -2.41. The van der Waals surface area contributed by atoms with Crippen LogP contribution in [0, 0.1) is 0 Å². The molecule has 2 aromatic rings. The Morgan fingerprint density at radius 2 is 1.82 bits per heavy atom. The van der Waals surface area contributed by atoms with Crippen LogP contribution in [0.25, 0.3) is 11.2 Å². The van der Waals surface area contributed by atoms with Crippen LogP contribution in [0.2, 0.25) is 0 Å². The number of hydrogen-bond acceptors (Lipinski definition) is 7. The smallest absolute Gasteiger partial charge is 0.334 e. The fourth-order valence-corrected chi connectivity index (χ4v) is 4.76. The second kappa shape index (κ2) is 9.65. The predicted octanol–water partition coefficient (Wildman–Crippen LogP) is 2.11. The highest BCUT2D eigenvalue weighted by atomic mass is 31.2. The fraction of sp³-hybridized carbons (Fsp3) is 0.706. The van der Waals surface area contributed by atoms with Crippen molar-refractivity contribution < 1.29 is 18.3 Å². The van der Waals surface area contributed by atoms with Crippen LogP contribution in [0.4, 0.5) is 0 Å². The maximum absolute atomic E-state index is 12.9. The number of aryl methyl sites for hydroxylation is 2. The molecule has 28 heavy (non-hydrogen) atoms. The minimum atomic E-state index is -3.08. The summed E-state index contributed by atoms with van der Waals surface area (Å²) >= 11 is 0. The molecule has 0 fully saturated rings. The third kappa shape index (κ3) is 4.63. The van der Waals surface area contributed by atoms with Gasteiger partial charge in [-0.05, 0) is 33.6 Å². The Balaban J connectivity index is 2.23. The molecule has 2 aromatic heterocycles. The van der Waals surface area contributed by atoms with Crippen molar-refractivity contribution in [2.75, 3.05) is 26.5 Å². The zero-order valence-corrected chi connectivity index (χ0v) is 18.0. The number of hydrogen-bond donors (Lipinski definition) is 0. The summed E-state index contributed by atoms with van der Waals surface area (Å²) in [6.07, 6.45) is 2.41. The van der Waals surface area contributed by atoms with Gasteiger partial charge in [-0.15, -0.1) is 0 Å². The van der Waals surface area contributed by atoms with Gasteiger partial charge in [0.25, 0.3) is 5.56 Å². The first-order chi connectivity index (χ1) is 13.3. The Labute approximate surface area is 163 Å². The van der Waals surface area contributed by atoms with Gasteiger partial charge in [0.05, 0.1) is 25.7 Å². The van der Waals surface area contributed by atoms with Gasteiger partial charge >= 0.3 is 13.3 Å². The number of unbranched alkanes of at least 4 members (excludes halogenated alkanes) is 1. The Morgan fingerprint density at radius 3 is 2.39 bits per heavy atom. The molecule has 0 aliphatic heterocycles. The minimum Gasteiger partial charge on any atom is -0.361 e. The van der Waals surface area contributed by atoms with Crippen molar-refractivity contribution in [2.45, 2.75) is 46.4 Å². The van der Waals surface area contributed by atoms with E-state index in [9.17, 15) is 14.2 Å². The van der Waals surface area contributed by atoms with Crippen molar-refractivity contribution in [1.29, 1.82) is 0 Å². The van der Waals surface area contributed by atoms with E-state index in [0.29, 0.717) is 49.9 Å². The van der Waals surface area contributed by atoms with Crippen LogP contribution in [0.1, 0.15) is 39.8 Å². The van der Waals surface area contributed by atoms with Crippen LogP contribution < -0.4 is 11.2 Å². The largest absolute Gasteiger partial charge is 0.361 e. The molecule has 2 heterocycles. The third-order valence-corrected chi connectivity index (χ3v) is 6.65. The van der Waals surface area contributed by atoms with E-state index in [1.54, 1.807) is 32.4 Å². The van der Waals surface area contributed by atoms with Crippen LogP contribution >= 0.6 is 7.60 Å².